The van der Waals surface area contributed by atoms with Gasteiger partial charge in [0, 0.05) is 18.9 Å². The highest BCUT2D eigenvalue weighted by atomic mass is 15.1. The van der Waals surface area contributed by atoms with E-state index in [-0.39, 0.29) is 0 Å². The largest absolute Gasteiger partial charge is 0.384 e. The molecule has 0 bridgehead atoms. The topological polar surface area (TPSA) is 43.8 Å². The van der Waals surface area contributed by atoms with Crippen molar-refractivity contribution in [1.29, 1.82) is 0 Å². The first-order valence-corrected chi connectivity index (χ1v) is 7.48. The van der Waals surface area contributed by atoms with Crippen LogP contribution in [0.1, 0.15) is 70.3 Å². The van der Waals surface area contributed by atoms with Crippen LogP contribution >= 0.6 is 0 Å². The molecule has 1 saturated carbocycles. The zero-order chi connectivity index (χ0) is 13.1. The molecule has 18 heavy (non-hydrogen) atoms. The Morgan fingerprint density at radius 2 is 2.00 bits per heavy atom. The number of aromatic nitrogens is 2. The number of rotatable bonds is 5. The molecule has 1 aromatic rings. The fourth-order valence-electron chi connectivity index (χ4n) is 3.02. The molecule has 1 aliphatic carbocycles. The van der Waals surface area contributed by atoms with Crippen molar-refractivity contribution in [1.82, 2.24) is 9.55 Å². The number of nitrogens with zero attached hydrogens (tertiary/aromatic N) is 2. The van der Waals surface area contributed by atoms with Gasteiger partial charge in [-0.25, -0.2) is 4.98 Å². The number of nitrogens with two attached hydrogens (primary N) is 1. The van der Waals surface area contributed by atoms with Gasteiger partial charge in [-0.2, -0.15) is 0 Å². The first-order chi connectivity index (χ1) is 8.63. The minimum Gasteiger partial charge on any atom is -0.384 e. The maximum Gasteiger partial charge on any atom is 0.127 e. The summed E-state index contributed by atoms with van der Waals surface area (Å²) in [4.78, 5) is 4.87. The molecule has 3 nitrogen and oxygen atoms in total. The Labute approximate surface area is 111 Å². The van der Waals surface area contributed by atoms with E-state index in [0.717, 1.165) is 25.2 Å². The van der Waals surface area contributed by atoms with Crippen LogP contribution in [0.25, 0.3) is 0 Å². The Kier molecular flexibility index (Phi) is 4.31. The SMILES string of the molecule is CCCc1nc(C2CCCC2)c(N)n1CC(C)C. The molecular weight excluding hydrogens is 222 g/mol. The third kappa shape index (κ3) is 2.70. The first-order valence-electron chi connectivity index (χ1n) is 7.48. The second-order valence-electron chi connectivity index (χ2n) is 6.03. The molecule has 1 heterocycles. The van der Waals surface area contributed by atoms with E-state index < -0.39 is 0 Å². The lowest BCUT2D eigenvalue weighted by Crippen LogP contribution is -2.11. The van der Waals surface area contributed by atoms with Gasteiger partial charge in [0.05, 0.1) is 5.69 Å². The van der Waals surface area contributed by atoms with E-state index in [1.54, 1.807) is 0 Å². The Morgan fingerprint density at radius 1 is 1.33 bits per heavy atom. The molecule has 0 spiro atoms. The molecule has 0 aromatic carbocycles. The number of imidazole rings is 1. The minimum atomic E-state index is 0.619. The summed E-state index contributed by atoms with van der Waals surface area (Å²) < 4.78 is 2.27. The van der Waals surface area contributed by atoms with Crippen LogP contribution in [0.2, 0.25) is 0 Å². The van der Waals surface area contributed by atoms with Crippen molar-refractivity contribution >= 4 is 5.82 Å². The van der Waals surface area contributed by atoms with Crippen molar-refractivity contribution in [3.8, 4) is 0 Å². The summed E-state index contributed by atoms with van der Waals surface area (Å²) in [6.07, 6.45) is 7.40. The monoisotopic (exact) mass is 249 g/mol. The van der Waals surface area contributed by atoms with E-state index in [9.17, 15) is 0 Å². The molecule has 0 atom stereocenters. The van der Waals surface area contributed by atoms with Crippen molar-refractivity contribution in [3.05, 3.63) is 11.5 Å². The average molecular weight is 249 g/mol. The van der Waals surface area contributed by atoms with Gasteiger partial charge in [-0.15, -0.1) is 0 Å². The van der Waals surface area contributed by atoms with Crippen molar-refractivity contribution in [3.63, 3.8) is 0 Å². The Balaban J connectivity index is 2.30. The maximum absolute atomic E-state index is 6.36. The smallest absolute Gasteiger partial charge is 0.127 e. The summed E-state index contributed by atoms with van der Waals surface area (Å²) in [5.41, 5.74) is 7.55. The molecule has 1 aromatic heterocycles. The lowest BCUT2D eigenvalue weighted by atomic mass is 10.0. The van der Waals surface area contributed by atoms with Gasteiger partial charge in [0.1, 0.15) is 11.6 Å². The molecule has 0 aliphatic heterocycles. The number of hydrogen-bond acceptors (Lipinski definition) is 2. The van der Waals surface area contributed by atoms with Crippen LogP contribution in [0.15, 0.2) is 0 Å². The fraction of sp³-hybridized carbons (Fsp3) is 0.800. The quantitative estimate of drug-likeness (QED) is 0.864. The van der Waals surface area contributed by atoms with Gasteiger partial charge in [-0.05, 0) is 25.2 Å². The molecule has 0 saturated heterocycles. The van der Waals surface area contributed by atoms with E-state index >= 15 is 0 Å². The summed E-state index contributed by atoms with van der Waals surface area (Å²) in [7, 11) is 0. The Hall–Kier alpha value is -0.990. The molecule has 1 aliphatic rings. The minimum absolute atomic E-state index is 0.619. The molecule has 0 amide bonds. The van der Waals surface area contributed by atoms with Crippen LogP contribution in [0, 0.1) is 5.92 Å². The van der Waals surface area contributed by atoms with Gasteiger partial charge < -0.3 is 10.3 Å². The number of aryl methyl sites for hydroxylation is 1. The lowest BCUT2D eigenvalue weighted by Gasteiger charge is -2.12. The summed E-state index contributed by atoms with van der Waals surface area (Å²) in [5, 5.41) is 0. The number of hydrogen-bond donors (Lipinski definition) is 1. The van der Waals surface area contributed by atoms with E-state index in [1.807, 2.05) is 0 Å². The Morgan fingerprint density at radius 3 is 2.56 bits per heavy atom. The van der Waals surface area contributed by atoms with E-state index in [1.165, 1.54) is 37.2 Å². The van der Waals surface area contributed by atoms with Gasteiger partial charge in [-0.3, -0.25) is 0 Å². The highest BCUT2D eigenvalue weighted by Gasteiger charge is 2.25. The summed E-state index contributed by atoms with van der Waals surface area (Å²) in [6, 6.07) is 0. The van der Waals surface area contributed by atoms with Crippen molar-refractivity contribution in [2.24, 2.45) is 5.92 Å². The van der Waals surface area contributed by atoms with Crippen molar-refractivity contribution in [2.45, 2.75) is 71.8 Å². The third-order valence-corrected chi connectivity index (χ3v) is 3.88. The first kappa shape index (κ1) is 13.4. The average Bonchev–Trinajstić information content (AvgIpc) is 2.91. The Bertz CT molecular complexity index is 387. The van der Waals surface area contributed by atoms with Gasteiger partial charge in [-0.1, -0.05) is 33.6 Å². The van der Waals surface area contributed by atoms with Crippen LogP contribution < -0.4 is 5.73 Å². The molecule has 0 unspecified atom stereocenters. The van der Waals surface area contributed by atoms with Crippen LogP contribution in [0.4, 0.5) is 5.82 Å². The fourth-order valence-corrected chi connectivity index (χ4v) is 3.02. The zero-order valence-electron chi connectivity index (χ0n) is 12.1. The summed E-state index contributed by atoms with van der Waals surface area (Å²) in [6.45, 7) is 7.69. The maximum atomic E-state index is 6.36. The molecule has 2 N–H and O–H groups in total. The van der Waals surface area contributed by atoms with E-state index in [0.29, 0.717) is 11.8 Å². The summed E-state index contributed by atoms with van der Waals surface area (Å²) in [5.74, 6) is 3.38. The van der Waals surface area contributed by atoms with Gasteiger partial charge in [0.2, 0.25) is 0 Å². The van der Waals surface area contributed by atoms with Crippen molar-refractivity contribution < 1.29 is 0 Å². The predicted octanol–water partition coefficient (Wildman–Crippen LogP) is 3.73. The second kappa shape index (κ2) is 5.77. The van der Waals surface area contributed by atoms with Gasteiger partial charge in [0.15, 0.2) is 0 Å². The number of nitrogen functional groups attached to an aromatic ring is 1. The molecule has 3 heteroatoms. The van der Waals surface area contributed by atoms with Gasteiger partial charge in [0.25, 0.3) is 0 Å². The normalized spacial score (nSPS) is 16.9. The molecular formula is C15H27N3. The van der Waals surface area contributed by atoms with Crippen LogP contribution in [0.3, 0.4) is 0 Å². The van der Waals surface area contributed by atoms with Crippen LogP contribution in [-0.2, 0) is 13.0 Å². The highest BCUT2D eigenvalue weighted by molar-refractivity contribution is 5.41. The van der Waals surface area contributed by atoms with Crippen LogP contribution in [0.5, 0.6) is 0 Å². The van der Waals surface area contributed by atoms with Crippen LogP contribution in [-0.4, -0.2) is 9.55 Å². The molecule has 1 fully saturated rings. The third-order valence-electron chi connectivity index (χ3n) is 3.88. The highest BCUT2D eigenvalue weighted by Crippen LogP contribution is 2.37. The van der Waals surface area contributed by atoms with Crippen molar-refractivity contribution in [2.75, 3.05) is 5.73 Å². The standard InChI is InChI=1S/C15H27N3/c1-4-7-13-17-14(12-8-5-6-9-12)15(16)18(13)10-11(2)3/h11-12H,4-10,16H2,1-3H3. The molecule has 2 rings (SSSR count). The van der Waals surface area contributed by atoms with E-state index in [4.69, 9.17) is 10.7 Å². The molecule has 0 radical (unpaired) electrons. The molecule has 102 valence electrons. The van der Waals surface area contributed by atoms with E-state index in [2.05, 4.69) is 25.3 Å². The number of anilines is 1. The zero-order valence-corrected chi connectivity index (χ0v) is 12.1. The summed E-state index contributed by atoms with van der Waals surface area (Å²) >= 11 is 0. The second-order valence-corrected chi connectivity index (χ2v) is 6.03. The van der Waals surface area contributed by atoms with Gasteiger partial charge >= 0.3 is 0 Å². The predicted molar refractivity (Wildman–Crippen MR) is 76.7 cm³/mol. The lowest BCUT2D eigenvalue weighted by molar-refractivity contribution is 0.509.